The molecule has 0 bridgehead atoms. The lowest BCUT2D eigenvalue weighted by atomic mass is 10.0. The molecule has 5 nitrogen and oxygen atoms in total. The first kappa shape index (κ1) is 15.8. The second-order valence-electron chi connectivity index (χ2n) is 5.54. The Morgan fingerprint density at radius 3 is 2.48 bits per heavy atom. The fourth-order valence-corrected chi connectivity index (χ4v) is 4.46. The van der Waals surface area contributed by atoms with E-state index < -0.39 is 9.84 Å². The summed E-state index contributed by atoms with van der Waals surface area (Å²) in [7, 11) is 0.270. The zero-order valence-electron chi connectivity index (χ0n) is 12.8. The average molecular weight is 311 g/mol. The number of ether oxygens (including phenoxy) is 1. The van der Waals surface area contributed by atoms with Crippen molar-refractivity contribution in [2.24, 2.45) is 0 Å². The molecular formula is C15H21NO4S. The quantitative estimate of drug-likeness (QED) is 0.850. The minimum absolute atomic E-state index is 0.0590. The molecule has 6 heteroatoms. The van der Waals surface area contributed by atoms with E-state index in [9.17, 15) is 13.2 Å². The number of benzene rings is 1. The van der Waals surface area contributed by atoms with E-state index >= 15 is 0 Å². The number of carbonyl (C=O) groups excluding carboxylic acids is 1. The summed E-state index contributed by atoms with van der Waals surface area (Å²) in [5, 5.41) is 0. The molecule has 0 saturated carbocycles. The Kier molecular flexibility index (Phi) is 4.27. The van der Waals surface area contributed by atoms with Crippen LogP contribution in [0.25, 0.3) is 0 Å². The van der Waals surface area contributed by atoms with Crippen LogP contribution in [-0.4, -0.2) is 50.9 Å². The maximum absolute atomic E-state index is 12.6. The van der Waals surface area contributed by atoms with Gasteiger partial charge in [0.2, 0.25) is 0 Å². The Morgan fingerprint density at radius 1 is 1.29 bits per heavy atom. The molecule has 1 atom stereocenters. The van der Waals surface area contributed by atoms with Gasteiger partial charge >= 0.3 is 0 Å². The summed E-state index contributed by atoms with van der Waals surface area (Å²) < 4.78 is 28.4. The third-order valence-electron chi connectivity index (χ3n) is 4.26. The fraction of sp³-hybridized carbons (Fsp3) is 0.533. The first-order valence-corrected chi connectivity index (χ1v) is 8.70. The zero-order chi connectivity index (χ0) is 15.8. The van der Waals surface area contributed by atoms with Crippen LogP contribution in [0.2, 0.25) is 0 Å². The summed E-state index contributed by atoms with van der Waals surface area (Å²) in [6.45, 7) is 3.79. The van der Waals surface area contributed by atoms with Crippen molar-refractivity contribution in [2.75, 3.05) is 25.7 Å². The van der Waals surface area contributed by atoms with E-state index in [1.54, 1.807) is 31.2 Å². The van der Waals surface area contributed by atoms with Crippen molar-refractivity contribution in [1.82, 2.24) is 4.90 Å². The third kappa shape index (κ3) is 3.05. The monoisotopic (exact) mass is 311 g/mol. The second kappa shape index (κ2) is 5.67. The molecule has 116 valence electrons. The molecule has 1 aliphatic rings. The molecule has 0 aromatic heterocycles. The van der Waals surface area contributed by atoms with Crippen molar-refractivity contribution in [3.05, 3.63) is 28.8 Å². The van der Waals surface area contributed by atoms with E-state index in [1.807, 2.05) is 13.8 Å². The van der Waals surface area contributed by atoms with E-state index in [0.717, 1.165) is 16.9 Å². The fourth-order valence-electron chi connectivity index (χ4n) is 2.69. The Bertz CT molecular complexity index is 666. The molecule has 1 amide bonds. The number of nitrogens with zero attached hydrogens (tertiary/aromatic N) is 1. The minimum Gasteiger partial charge on any atom is -0.496 e. The van der Waals surface area contributed by atoms with Crippen LogP contribution in [0.5, 0.6) is 5.75 Å². The van der Waals surface area contributed by atoms with Crippen LogP contribution in [0.4, 0.5) is 0 Å². The Labute approximate surface area is 125 Å². The molecule has 1 aliphatic heterocycles. The van der Waals surface area contributed by atoms with Gasteiger partial charge < -0.3 is 9.64 Å². The number of methoxy groups -OCH3 is 1. The molecule has 1 saturated heterocycles. The Balaban J connectivity index is 2.26. The van der Waals surface area contributed by atoms with Gasteiger partial charge in [0.25, 0.3) is 5.91 Å². The van der Waals surface area contributed by atoms with Gasteiger partial charge in [-0.1, -0.05) is 0 Å². The highest BCUT2D eigenvalue weighted by atomic mass is 32.2. The third-order valence-corrected chi connectivity index (χ3v) is 6.01. The molecule has 1 unspecified atom stereocenters. The lowest BCUT2D eigenvalue weighted by Gasteiger charge is -2.24. The number of rotatable bonds is 3. The van der Waals surface area contributed by atoms with Crippen LogP contribution < -0.4 is 4.74 Å². The van der Waals surface area contributed by atoms with Gasteiger partial charge in [-0.2, -0.15) is 0 Å². The molecule has 1 fully saturated rings. The van der Waals surface area contributed by atoms with Crippen molar-refractivity contribution in [1.29, 1.82) is 0 Å². The lowest BCUT2D eigenvalue weighted by Crippen LogP contribution is -2.38. The average Bonchev–Trinajstić information content (AvgIpc) is 2.80. The minimum atomic E-state index is -3.00. The zero-order valence-corrected chi connectivity index (χ0v) is 13.7. The maximum Gasteiger partial charge on any atom is 0.254 e. The van der Waals surface area contributed by atoms with Crippen molar-refractivity contribution in [2.45, 2.75) is 26.3 Å². The molecule has 2 rings (SSSR count). The van der Waals surface area contributed by atoms with Gasteiger partial charge in [-0.05, 0) is 43.5 Å². The molecule has 0 N–H and O–H groups in total. The van der Waals surface area contributed by atoms with Gasteiger partial charge in [0.1, 0.15) is 5.75 Å². The van der Waals surface area contributed by atoms with Gasteiger partial charge in [0.05, 0.1) is 18.6 Å². The first-order valence-electron chi connectivity index (χ1n) is 6.88. The van der Waals surface area contributed by atoms with Crippen molar-refractivity contribution >= 4 is 15.7 Å². The summed E-state index contributed by atoms with van der Waals surface area (Å²) >= 11 is 0. The van der Waals surface area contributed by atoms with Crippen LogP contribution in [-0.2, 0) is 9.84 Å². The topological polar surface area (TPSA) is 63.7 Å². The number of hydrogen-bond acceptors (Lipinski definition) is 4. The predicted molar refractivity (Wildman–Crippen MR) is 81.6 cm³/mol. The number of carbonyl (C=O) groups is 1. The van der Waals surface area contributed by atoms with Crippen molar-refractivity contribution < 1.29 is 17.9 Å². The van der Waals surface area contributed by atoms with E-state index in [-0.39, 0.29) is 23.5 Å². The van der Waals surface area contributed by atoms with Crippen LogP contribution in [0, 0.1) is 13.8 Å². The smallest absolute Gasteiger partial charge is 0.254 e. The molecule has 1 aromatic carbocycles. The summed E-state index contributed by atoms with van der Waals surface area (Å²) in [4.78, 5) is 14.2. The van der Waals surface area contributed by atoms with Gasteiger partial charge in [0.15, 0.2) is 9.84 Å². The molecule has 0 radical (unpaired) electrons. The van der Waals surface area contributed by atoms with Gasteiger partial charge in [0, 0.05) is 18.7 Å². The first-order chi connectivity index (χ1) is 9.76. The normalized spacial score (nSPS) is 20.3. The summed E-state index contributed by atoms with van der Waals surface area (Å²) in [5.41, 5.74) is 2.39. The van der Waals surface area contributed by atoms with Gasteiger partial charge in [-0.15, -0.1) is 0 Å². The summed E-state index contributed by atoms with van der Waals surface area (Å²) in [5.74, 6) is 0.829. The van der Waals surface area contributed by atoms with E-state index in [0.29, 0.717) is 12.0 Å². The largest absolute Gasteiger partial charge is 0.496 e. The molecule has 0 spiro atoms. The molecule has 1 heterocycles. The Morgan fingerprint density at radius 2 is 1.95 bits per heavy atom. The highest BCUT2D eigenvalue weighted by Gasteiger charge is 2.33. The van der Waals surface area contributed by atoms with Crippen LogP contribution in [0.1, 0.15) is 27.9 Å². The van der Waals surface area contributed by atoms with Crippen LogP contribution >= 0.6 is 0 Å². The van der Waals surface area contributed by atoms with Crippen LogP contribution in [0.3, 0.4) is 0 Å². The van der Waals surface area contributed by atoms with E-state index in [4.69, 9.17) is 4.74 Å². The van der Waals surface area contributed by atoms with Crippen molar-refractivity contribution in [3.8, 4) is 5.75 Å². The summed E-state index contributed by atoms with van der Waals surface area (Å²) in [6.07, 6.45) is 0.513. The highest BCUT2D eigenvalue weighted by molar-refractivity contribution is 7.91. The number of sulfone groups is 1. The Hall–Kier alpha value is -1.56. The van der Waals surface area contributed by atoms with E-state index in [1.165, 1.54) is 0 Å². The molecular weight excluding hydrogens is 290 g/mol. The maximum atomic E-state index is 12.6. The number of amides is 1. The molecule has 21 heavy (non-hydrogen) atoms. The summed E-state index contributed by atoms with van der Waals surface area (Å²) in [6, 6.07) is 3.28. The SMILES string of the molecule is COc1ccc(C(=O)N(C)C2CCS(=O)(=O)C2)c(C)c1C. The predicted octanol–water partition coefficient (Wildman–Crippen LogP) is 1.57. The van der Waals surface area contributed by atoms with Gasteiger partial charge in [-0.3, -0.25) is 4.79 Å². The number of hydrogen-bond donors (Lipinski definition) is 0. The van der Waals surface area contributed by atoms with Crippen molar-refractivity contribution in [3.63, 3.8) is 0 Å². The molecule has 0 aliphatic carbocycles. The second-order valence-corrected chi connectivity index (χ2v) is 7.77. The van der Waals surface area contributed by atoms with E-state index in [2.05, 4.69) is 0 Å². The molecule has 1 aromatic rings. The van der Waals surface area contributed by atoms with Crippen LogP contribution in [0.15, 0.2) is 12.1 Å². The van der Waals surface area contributed by atoms with Gasteiger partial charge in [-0.25, -0.2) is 8.42 Å². The highest BCUT2D eigenvalue weighted by Crippen LogP contribution is 2.26. The lowest BCUT2D eigenvalue weighted by molar-refractivity contribution is 0.0747. The standard InChI is InChI=1S/C15H21NO4S/c1-10-11(2)14(20-4)6-5-13(10)15(17)16(3)12-7-8-21(18,19)9-12/h5-6,12H,7-9H2,1-4H3.